The van der Waals surface area contributed by atoms with Crippen molar-refractivity contribution in [2.45, 2.75) is 6.54 Å². The predicted octanol–water partition coefficient (Wildman–Crippen LogP) is 2.31. The molecular formula is C12H10BrN3O5. The first kappa shape index (κ1) is 15.0. The van der Waals surface area contributed by atoms with Gasteiger partial charge in [-0.25, -0.2) is 4.79 Å². The van der Waals surface area contributed by atoms with Gasteiger partial charge in [0.05, 0.1) is 18.6 Å². The maximum Gasteiger partial charge on any atom is 0.363 e. The van der Waals surface area contributed by atoms with E-state index in [1.807, 2.05) is 0 Å². The largest absolute Gasteiger partial charge is 0.496 e. The van der Waals surface area contributed by atoms with Gasteiger partial charge in [0.15, 0.2) is 0 Å². The lowest BCUT2D eigenvalue weighted by Crippen LogP contribution is -2.05. The summed E-state index contributed by atoms with van der Waals surface area (Å²) in [6.45, 7) is 0.150. The zero-order valence-electron chi connectivity index (χ0n) is 10.8. The van der Waals surface area contributed by atoms with Crippen LogP contribution in [0, 0.1) is 10.1 Å². The number of methoxy groups -OCH3 is 1. The Morgan fingerprint density at radius 3 is 2.81 bits per heavy atom. The Morgan fingerprint density at radius 2 is 2.29 bits per heavy atom. The second kappa shape index (κ2) is 5.92. The Morgan fingerprint density at radius 1 is 1.57 bits per heavy atom. The highest BCUT2D eigenvalue weighted by atomic mass is 79.9. The van der Waals surface area contributed by atoms with Crippen LogP contribution in [0.2, 0.25) is 0 Å². The number of carbonyl (C=O) groups is 1. The van der Waals surface area contributed by atoms with E-state index in [9.17, 15) is 14.9 Å². The summed E-state index contributed by atoms with van der Waals surface area (Å²) in [5.41, 5.74) is -0.424. The first-order chi connectivity index (χ1) is 9.92. The van der Waals surface area contributed by atoms with E-state index in [1.54, 1.807) is 18.2 Å². The topological polar surface area (TPSA) is 107 Å². The van der Waals surface area contributed by atoms with Gasteiger partial charge in [0.1, 0.15) is 11.9 Å². The molecule has 9 heteroatoms. The minimum absolute atomic E-state index is 0.150. The van der Waals surface area contributed by atoms with E-state index >= 15 is 0 Å². The smallest absolute Gasteiger partial charge is 0.363 e. The number of aromatic carboxylic acids is 1. The fourth-order valence-corrected chi connectivity index (χ4v) is 2.23. The second-order valence-electron chi connectivity index (χ2n) is 4.08. The standard InChI is InChI=1S/C12H10BrN3O5/c1-21-10-3-2-8(13)4-7(10)5-15-6-9(16(19)20)11(14-15)12(17)18/h2-4,6H,5H2,1H3,(H,17,18). The van der Waals surface area contributed by atoms with Crippen molar-refractivity contribution in [3.8, 4) is 5.75 Å². The van der Waals surface area contributed by atoms with Crippen molar-refractivity contribution in [1.82, 2.24) is 9.78 Å². The van der Waals surface area contributed by atoms with Crippen LogP contribution in [0.5, 0.6) is 5.75 Å². The lowest BCUT2D eigenvalue weighted by Gasteiger charge is -2.08. The summed E-state index contributed by atoms with van der Waals surface area (Å²) in [5.74, 6) is -0.866. The first-order valence-electron chi connectivity index (χ1n) is 5.70. The lowest BCUT2D eigenvalue weighted by atomic mass is 10.2. The van der Waals surface area contributed by atoms with Crippen LogP contribution >= 0.6 is 15.9 Å². The van der Waals surface area contributed by atoms with Crippen LogP contribution in [-0.4, -0.2) is 32.9 Å². The highest BCUT2D eigenvalue weighted by Gasteiger charge is 2.25. The minimum Gasteiger partial charge on any atom is -0.496 e. The molecule has 21 heavy (non-hydrogen) atoms. The normalized spacial score (nSPS) is 10.4. The van der Waals surface area contributed by atoms with Crippen molar-refractivity contribution in [1.29, 1.82) is 0 Å². The van der Waals surface area contributed by atoms with Crippen LogP contribution in [0.1, 0.15) is 16.1 Å². The van der Waals surface area contributed by atoms with Crippen LogP contribution in [0.4, 0.5) is 5.69 Å². The van der Waals surface area contributed by atoms with Crippen molar-refractivity contribution in [2.75, 3.05) is 7.11 Å². The van der Waals surface area contributed by atoms with Crippen molar-refractivity contribution >= 4 is 27.6 Å². The van der Waals surface area contributed by atoms with Gasteiger partial charge in [0, 0.05) is 10.0 Å². The SMILES string of the molecule is COc1ccc(Br)cc1Cn1cc([N+](=O)[O-])c(C(=O)O)n1. The number of benzene rings is 1. The summed E-state index contributed by atoms with van der Waals surface area (Å²) in [5, 5.41) is 23.5. The van der Waals surface area contributed by atoms with E-state index in [-0.39, 0.29) is 6.54 Å². The molecule has 0 saturated carbocycles. The van der Waals surface area contributed by atoms with Gasteiger partial charge >= 0.3 is 11.7 Å². The van der Waals surface area contributed by atoms with E-state index in [1.165, 1.54) is 11.8 Å². The van der Waals surface area contributed by atoms with Crippen molar-refractivity contribution in [3.63, 3.8) is 0 Å². The maximum absolute atomic E-state index is 11.0. The monoisotopic (exact) mass is 355 g/mol. The summed E-state index contributed by atoms with van der Waals surface area (Å²) >= 11 is 3.32. The fraction of sp³-hybridized carbons (Fsp3) is 0.167. The summed E-state index contributed by atoms with van der Waals surface area (Å²) in [6.07, 6.45) is 1.09. The molecule has 2 rings (SSSR count). The number of hydrogen-bond donors (Lipinski definition) is 1. The highest BCUT2D eigenvalue weighted by molar-refractivity contribution is 9.10. The molecule has 0 radical (unpaired) electrons. The van der Waals surface area contributed by atoms with Gasteiger partial charge in [-0.15, -0.1) is 0 Å². The molecule has 110 valence electrons. The molecule has 0 saturated heterocycles. The molecule has 1 aromatic heterocycles. The summed E-state index contributed by atoms with van der Waals surface area (Å²) < 4.78 is 7.20. The average molecular weight is 356 g/mol. The van der Waals surface area contributed by atoms with Crippen LogP contribution in [0.25, 0.3) is 0 Å². The quantitative estimate of drug-likeness (QED) is 0.651. The summed E-state index contributed by atoms with van der Waals surface area (Å²) in [7, 11) is 1.50. The molecule has 0 spiro atoms. The number of halogens is 1. The average Bonchev–Trinajstić information content (AvgIpc) is 2.83. The van der Waals surface area contributed by atoms with Crippen molar-refractivity contribution < 1.29 is 19.6 Å². The molecule has 0 amide bonds. The second-order valence-corrected chi connectivity index (χ2v) is 4.99. The molecule has 1 N–H and O–H groups in total. The van der Waals surface area contributed by atoms with Gasteiger partial charge < -0.3 is 9.84 Å². The number of nitro groups is 1. The number of ether oxygens (including phenoxy) is 1. The van der Waals surface area contributed by atoms with E-state index in [2.05, 4.69) is 21.0 Å². The molecular weight excluding hydrogens is 346 g/mol. The van der Waals surface area contributed by atoms with Gasteiger partial charge in [0.2, 0.25) is 5.69 Å². The Hall–Kier alpha value is -2.42. The minimum atomic E-state index is -1.44. The molecule has 8 nitrogen and oxygen atoms in total. The number of rotatable bonds is 5. The molecule has 0 aliphatic heterocycles. The van der Waals surface area contributed by atoms with Gasteiger partial charge in [-0.3, -0.25) is 14.8 Å². The van der Waals surface area contributed by atoms with E-state index in [4.69, 9.17) is 9.84 Å². The number of carboxylic acid groups (broad SMARTS) is 1. The van der Waals surface area contributed by atoms with Crippen LogP contribution in [0.3, 0.4) is 0 Å². The third kappa shape index (κ3) is 3.19. The molecule has 1 heterocycles. The zero-order chi connectivity index (χ0) is 15.6. The van der Waals surface area contributed by atoms with E-state index < -0.39 is 22.3 Å². The molecule has 0 bridgehead atoms. The van der Waals surface area contributed by atoms with Crippen molar-refractivity contribution in [3.05, 3.63) is 50.2 Å². The van der Waals surface area contributed by atoms with Crippen LogP contribution < -0.4 is 4.74 Å². The Balaban J connectivity index is 2.40. The van der Waals surface area contributed by atoms with Gasteiger partial charge in [-0.05, 0) is 18.2 Å². The van der Waals surface area contributed by atoms with Gasteiger partial charge in [-0.2, -0.15) is 5.10 Å². The van der Waals surface area contributed by atoms with E-state index in [0.717, 1.165) is 10.7 Å². The molecule has 0 fully saturated rings. The Kier molecular flexibility index (Phi) is 4.22. The van der Waals surface area contributed by atoms with E-state index in [0.29, 0.717) is 11.3 Å². The molecule has 0 aliphatic carbocycles. The van der Waals surface area contributed by atoms with Crippen LogP contribution in [-0.2, 0) is 6.54 Å². The Bertz CT molecular complexity index is 681. The lowest BCUT2D eigenvalue weighted by molar-refractivity contribution is -0.385. The number of aromatic nitrogens is 2. The summed E-state index contributed by atoms with van der Waals surface area (Å²) in [6, 6.07) is 5.29. The highest BCUT2D eigenvalue weighted by Crippen LogP contribution is 2.25. The number of nitrogens with zero attached hydrogens (tertiary/aromatic N) is 3. The number of carboxylic acids is 1. The van der Waals surface area contributed by atoms with Crippen molar-refractivity contribution in [2.24, 2.45) is 0 Å². The third-order valence-corrected chi connectivity index (χ3v) is 3.21. The Labute approximate surface area is 127 Å². The fourth-order valence-electron chi connectivity index (χ4n) is 1.82. The molecule has 0 unspecified atom stereocenters. The van der Waals surface area contributed by atoms with Gasteiger partial charge in [0.25, 0.3) is 0 Å². The number of hydrogen-bond acceptors (Lipinski definition) is 5. The maximum atomic E-state index is 11.0. The molecule has 0 atom stereocenters. The summed E-state index contributed by atoms with van der Waals surface area (Å²) in [4.78, 5) is 21.0. The molecule has 0 aliphatic rings. The van der Waals surface area contributed by atoms with Gasteiger partial charge in [-0.1, -0.05) is 15.9 Å². The third-order valence-electron chi connectivity index (χ3n) is 2.72. The first-order valence-corrected chi connectivity index (χ1v) is 6.49. The van der Waals surface area contributed by atoms with Crippen LogP contribution in [0.15, 0.2) is 28.9 Å². The zero-order valence-corrected chi connectivity index (χ0v) is 12.4. The molecule has 2 aromatic rings. The predicted molar refractivity (Wildman–Crippen MR) is 75.6 cm³/mol. The molecule has 1 aromatic carbocycles.